The Hall–Kier alpha value is -1.33. The van der Waals surface area contributed by atoms with Gasteiger partial charge in [0.05, 0.1) is 4.91 Å². The molecule has 1 amide bonds. The van der Waals surface area contributed by atoms with E-state index in [4.69, 9.17) is 12.2 Å². The van der Waals surface area contributed by atoms with Crippen molar-refractivity contribution in [2.75, 3.05) is 0 Å². The molecule has 110 valence electrons. The smallest absolute Gasteiger partial charge is 0.266 e. The van der Waals surface area contributed by atoms with Crippen molar-refractivity contribution in [1.29, 1.82) is 0 Å². The number of aromatic hydroxyl groups is 1. The summed E-state index contributed by atoms with van der Waals surface area (Å²) in [7, 11) is 0. The fourth-order valence-electron chi connectivity index (χ4n) is 2.88. The summed E-state index contributed by atoms with van der Waals surface area (Å²) in [5.41, 5.74) is 0.654. The minimum absolute atomic E-state index is 0.0137. The van der Waals surface area contributed by atoms with E-state index in [1.54, 1.807) is 29.2 Å². The second-order valence-corrected chi connectivity index (χ2v) is 7.08. The molecule has 1 aromatic carbocycles. The highest BCUT2D eigenvalue weighted by Gasteiger charge is 2.37. The molecule has 1 saturated heterocycles. The number of carbonyl (C=O) groups is 1. The highest BCUT2D eigenvalue weighted by molar-refractivity contribution is 8.26. The average molecular weight is 319 g/mol. The Kier molecular flexibility index (Phi) is 4.31. The third-order valence-electron chi connectivity index (χ3n) is 3.99. The highest BCUT2D eigenvalue weighted by Crippen LogP contribution is 2.37. The van der Waals surface area contributed by atoms with Crippen molar-refractivity contribution in [2.24, 2.45) is 0 Å². The Bertz CT molecular complexity index is 606. The maximum atomic E-state index is 12.6. The van der Waals surface area contributed by atoms with E-state index < -0.39 is 0 Å². The van der Waals surface area contributed by atoms with Crippen molar-refractivity contribution in [3.05, 3.63) is 34.7 Å². The molecule has 3 rings (SSSR count). The molecule has 1 heterocycles. The van der Waals surface area contributed by atoms with Gasteiger partial charge in [-0.2, -0.15) is 0 Å². The van der Waals surface area contributed by atoms with E-state index in [9.17, 15) is 9.90 Å². The third kappa shape index (κ3) is 2.99. The third-order valence-corrected chi connectivity index (χ3v) is 5.32. The van der Waals surface area contributed by atoms with Crippen LogP contribution in [0.3, 0.4) is 0 Å². The molecule has 21 heavy (non-hydrogen) atoms. The molecule has 0 unspecified atom stereocenters. The Morgan fingerprint density at radius 1 is 1.24 bits per heavy atom. The van der Waals surface area contributed by atoms with Crippen LogP contribution in [0.15, 0.2) is 29.2 Å². The van der Waals surface area contributed by atoms with Crippen molar-refractivity contribution >= 4 is 40.3 Å². The molecule has 1 aliphatic carbocycles. The van der Waals surface area contributed by atoms with E-state index in [2.05, 4.69) is 0 Å². The number of phenols is 1. The van der Waals surface area contributed by atoms with Crippen LogP contribution in [0, 0.1) is 0 Å². The SMILES string of the molecule is O=C1/C(=C/c2ccccc2O)SC(=S)N1C1CCCCC1. The van der Waals surface area contributed by atoms with Crippen LogP contribution in [0.25, 0.3) is 6.08 Å². The number of benzene rings is 1. The molecular weight excluding hydrogens is 302 g/mol. The summed E-state index contributed by atoms with van der Waals surface area (Å²) in [5.74, 6) is 0.167. The standard InChI is InChI=1S/C16H17NO2S2/c18-13-9-5-4-6-11(13)10-14-15(19)17(16(20)21-14)12-7-2-1-3-8-12/h4-6,9-10,12,18H,1-3,7-8H2/b14-10-. The summed E-state index contributed by atoms with van der Waals surface area (Å²) in [6, 6.07) is 7.27. The van der Waals surface area contributed by atoms with Gasteiger partial charge in [-0.25, -0.2) is 0 Å². The maximum absolute atomic E-state index is 12.6. The van der Waals surface area contributed by atoms with Gasteiger partial charge in [0.2, 0.25) is 0 Å². The molecular formula is C16H17NO2S2. The normalized spacial score (nSPS) is 22.3. The van der Waals surface area contributed by atoms with Gasteiger partial charge in [0.25, 0.3) is 5.91 Å². The predicted molar refractivity (Wildman–Crippen MR) is 90.0 cm³/mol. The number of carbonyl (C=O) groups excluding carboxylic acids is 1. The van der Waals surface area contributed by atoms with Gasteiger partial charge in [-0.15, -0.1) is 0 Å². The second-order valence-electron chi connectivity index (χ2n) is 5.40. The summed E-state index contributed by atoms with van der Waals surface area (Å²) in [6.45, 7) is 0. The molecule has 5 heteroatoms. The zero-order chi connectivity index (χ0) is 14.8. The largest absolute Gasteiger partial charge is 0.507 e. The van der Waals surface area contributed by atoms with Crippen LogP contribution in [0.5, 0.6) is 5.75 Å². The van der Waals surface area contributed by atoms with E-state index in [0.717, 1.165) is 12.8 Å². The molecule has 0 bridgehead atoms. The lowest BCUT2D eigenvalue weighted by molar-refractivity contribution is -0.124. The number of amides is 1. The lowest BCUT2D eigenvalue weighted by atomic mass is 9.94. The van der Waals surface area contributed by atoms with Crippen LogP contribution < -0.4 is 0 Å². The van der Waals surface area contributed by atoms with E-state index in [1.165, 1.54) is 31.0 Å². The molecule has 0 spiro atoms. The number of hydrogen-bond acceptors (Lipinski definition) is 4. The number of phenolic OH excluding ortho intramolecular Hbond substituents is 1. The summed E-state index contributed by atoms with van der Waals surface area (Å²) < 4.78 is 0.647. The Labute approximate surface area is 134 Å². The number of hydrogen-bond donors (Lipinski definition) is 1. The van der Waals surface area contributed by atoms with Crippen molar-refractivity contribution < 1.29 is 9.90 Å². The van der Waals surface area contributed by atoms with Crippen LogP contribution in [0.4, 0.5) is 0 Å². The summed E-state index contributed by atoms with van der Waals surface area (Å²) in [4.78, 5) is 15.0. The Morgan fingerprint density at radius 2 is 1.95 bits per heavy atom. The molecule has 1 aromatic rings. The van der Waals surface area contributed by atoms with Crippen molar-refractivity contribution in [1.82, 2.24) is 4.90 Å². The van der Waals surface area contributed by atoms with Crippen molar-refractivity contribution in [3.8, 4) is 5.75 Å². The van der Waals surface area contributed by atoms with Gasteiger partial charge in [0.15, 0.2) is 0 Å². The molecule has 0 radical (unpaired) electrons. The number of para-hydroxylation sites is 1. The second kappa shape index (κ2) is 6.20. The predicted octanol–water partition coefficient (Wildman–Crippen LogP) is 3.93. The first kappa shape index (κ1) is 14.6. The number of rotatable bonds is 2. The molecule has 2 aliphatic rings. The highest BCUT2D eigenvalue weighted by atomic mass is 32.2. The zero-order valence-corrected chi connectivity index (χ0v) is 13.3. The first-order valence-corrected chi connectivity index (χ1v) is 8.44. The van der Waals surface area contributed by atoms with E-state index >= 15 is 0 Å². The number of thiocarbonyl (C=S) groups is 1. The van der Waals surface area contributed by atoms with Crippen LogP contribution >= 0.6 is 24.0 Å². The van der Waals surface area contributed by atoms with Gasteiger partial charge in [-0.3, -0.25) is 9.69 Å². The molecule has 1 aliphatic heterocycles. The maximum Gasteiger partial charge on any atom is 0.266 e. The zero-order valence-electron chi connectivity index (χ0n) is 11.6. The molecule has 3 nitrogen and oxygen atoms in total. The topological polar surface area (TPSA) is 40.5 Å². The van der Waals surface area contributed by atoms with Crippen molar-refractivity contribution in [3.63, 3.8) is 0 Å². The molecule has 0 aromatic heterocycles. The van der Waals surface area contributed by atoms with E-state index in [1.807, 2.05) is 6.07 Å². The van der Waals surface area contributed by atoms with E-state index in [0.29, 0.717) is 14.8 Å². The van der Waals surface area contributed by atoms with Gasteiger partial charge < -0.3 is 5.11 Å². The van der Waals surface area contributed by atoms with Gasteiger partial charge in [-0.05, 0) is 25.0 Å². The first-order chi connectivity index (χ1) is 10.2. The van der Waals surface area contributed by atoms with E-state index in [-0.39, 0.29) is 17.7 Å². The monoisotopic (exact) mass is 319 g/mol. The lowest BCUT2D eigenvalue weighted by Crippen LogP contribution is -2.39. The number of nitrogens with zero attached hydrogens (tertiary/aromatic N) is 1. The van der Waals surface area contributed by atoms with Crippen LogP contribution in [0.1, 0.15) is 37.7 Å². The van der Waals surface area contributed by atoms with Crippen LogP contribution in [0.2, 0.25) is 0 Å². The molecule has 0 atom stereocenters. The van der Waals surface area contributed by atoms with Gasteiger partial charge in [-0.1, -0.05) is 61.4 Å². The lowest BCUT2D eigenvalue weighted by Gasteiger charge is -2.29. The molecule has 1 N–H and O–H groups in total. The summed E-state index contributed by atoms with van der Waals surface area (Å²) in [5, 5.41) is 9.83. The Balaban J connectivity index is 1.84. The Morgan fingerprint density at radius 3 is 2.67 bits per heavy atom. The van der Waals surface area contributed by atoms with Crippen LogP contribution in [-0.4, -0.2) is 26.3 Å². The first-order valence-electron chi connectivity index (χ1n) is 7.22. The minimum Gasteiger partial charge on any atom is -0.507 e. The quantitative estimate of drug-likeness (QED) is 0.662. The minimum atomic E-state index is -0.0137. The summed E-state index contributed by atoms with van der Waals surface area (Å²) >= 11 is 6.73. The summed E-state index contributed by atoms with van der Waals surface area (Å²) in [6.07, 6.45) is 7.39. The molecule has 1 saturated carbocycles. The van der Waals surface area contributed by atoms with Gasteiger partial charge >= 0.3 is 0 Å². The number of thioether (sulfide) groups is 1. The average Bonchev–Trinajstić information content (AvgIpc) is 2.77. The fourth-order valence-corrected chi connectivity index (χ4v) is 4.28. The van der Waals surface area contributed by atoms with Crippen molar-refractivity contribution in [2.45, 2.75) is 38.1 Å². The fraction of sp³-hybridized carbons (Fsp3) is 0.375. The molecule has 2 fully saturated rings. The van der Waals surface area contributed by atoms with Gasteiger partial charge in [0.1, 0.15) is 10.1 Å². The van der Waals surface area contributed by atoms with Gasteiger partial charge in [0, 0.05) is 11.6 Å². The van der Waals surface area contributed by atoms with Crippen LogP contribution in [-0.2, 0) is 4.79 Å².